The standard InChI is InChI=1S/C29H38N4O4.BrH/c1-5-21-11-10-19-17-33(28(30)26(19)31-21)18-24(34)20-15-22(29(2,3)4)27(37-14-8-9-25(35)36)23(16-20)32-12-6-7-13-32;/h10-11,15-16,30H,5-9,12-14,17-18H2,1-4H3,(H,35,36);1H. The molecule has 0 amide bonds. The molecule has 2 aromatic rings. The number of rotatable bonds is 10. The number of amidine groups is 1. The van der Waals surface area contributed by atoms with Crippen LogP contribution in [-0.2, 0) is 23.2 Å². The molecule has 38 heavy (non-hydrogen) atoms. The zero-order valence-corrected chi connectivity index (χ0v) is 24.5. The normalized spacial score (nSPS) is 14.9. The summed E-state index contributed by atoms with van der Waals surface area (Å²) in [5.74, 6) is 0.162. The van der Waals surface area contributed by atoms with Gasteiger partial charge in [-0.25, -0.2) is 4.98 Å². The Balaban J connectivity index is 0.00000400. The van der Waals surface area contributed by atoms with Gasteiger partial charge in [0.05, 0.1) is 18.8 Å². The number of pyridine rings is 1. The Morgan fingerprint density at radius 2 is 1.87 bits per heavy atom. The van der Waals surface area contributed by atoms with E-state index < -0.39 is 5.97 Å². The van der Waals surface area contributed by atoms with Crippen molar-refractivity contribution in [2.45, 2.75) is 71.8 Å². The first-order valence-corrected chi connectivity index (χ1v) is 13.2. The van der Waals surface area contributed by atoms with E-state index in [1.807, 2.05) is 31.2 Å². The molecule has 1 aromatic heterocycles. The molecule has 0 bridgehead atoms. The van der Waals surface area contributed by atoms with Crippen molar-refractivity contribution in [3.8, 4) is 5.75 Å². The molecule has 206 valence electrons. The fourth-order valence-electron chi connectivity index (χ4n) is 4.97. The van der Waals surface area contributed by atoms with Crippen molar-refractivity contribution in [1.82, 2.24) is 9.88 Å². The number of carboxylic acids is 1. The molecule has 8 nitrogen and oxygen atoms in total. The van der Waals surface area contributed by atoms with Crippen LogP contribution in [0.15, 0.2) is 24.3 Å². The van der Waals surface area contributed by atoms with Crippen LogP contribution >= 0.6 is 17.0 Å². The van der Waals surface area contributed by atoms with Gasteiger partial charge in [-0.1, -0.05) is 33.8 Å². The van der Waals surface area contributed by atoms with Crippen LogP contribution in [0.1, 0.15) is 86.3 Å². The van der Waals surface area contributed by atoms with E-state index in [9.17, 15) is 9.59 Å². The van der Waals surface area contributed by atoms with Gasteiger partial charge in [0.15, 0.2) is 5.78 Å². The number of hydrogen-bond donors (Lipinski definition) is 2. The molecule has 1 aromatic carbocycles. The number of aliphatic carboxylic acids is 1. The lowest BCUT2D eigenvalue weighted by Crippen LogP contribution is -2.31. The van der Waals surface area contributed by atoms with Crippen molar-refractivity contribution in [3.05, 3.63) is 52.3 Å². The van der Waals surface area contributed by atoms with Crippen molar-refractivity contribution in [1.29, 1.82) is 5.41 Å². The molecule has 2 N–H and O–H groups in total. The van der Waals surface area contributed by atoms with Crippen LogP contribution in [0.25, 0.3) is 0 Å². The predicted molar refractivity (Wildman–Crippen MR) is 154 cm³/mol. The molecule has 1 fully saturated rings. The number of halogens is 1. The summed E-state index contributed by atoms with van der Waals surface area (Å²) in [5, 5.41) is 17.6. The summed E-state index contributed by atoms with van der Waals surface area (Å²) in [7, 11) is 0. The van der Waals surface area contributed by atoms with Gasteiger partial charge in [-0.05, 0) is 49.3 Å². The van der Waals surface area contributed by atoms with E-state index in [1.54, 1.807) is 4.90 Å². The van der Waals surface area contributed by atoms with Crippen LogP contribution < -0.4 is 9.64 Å². The molecular weight excluding hydrogens is 548 g/mol. The minimum absolute atomic E-state index is 0. The van der Waals surface area contributed by atoms with Gasteiger partial charge in [-0.15, -0.1) is 17.0 Å². The number of anilines is 1. The Bertz CT molecular complexity index is 1200. The number of fused-ring (bicyclic) bond motifs is 1. The van der Waals surface area contributed by atoms with Crippen LogP contribution in [0.5, 0.6) is 5.75 Å². The summed E-state index contributed by atoms with van der Waals surface area (Å²) < 4.78 is 6.24. The smallest absolute Gasteiger partial charge is 0.303 e. The van der Waals surface area contributed by atoms with Crippen LogP contribution in [0.4, 0.5) is 5.69 Å². The van der Waals surface area contributed by atoms with E-state index in [1.165, 1.54) is 0 Å². The summed E-state index contributed by atoms with van der Waals surface area (Å²) in [4.78, 5) is 33.3. The zero-order chi connectivity index (χ0) is 26.7. The molecule has 0 saturated carbocycles. The van der Waals surface area contributed by atoms with Crippen molar-refractivity contribution < 1.29 is 19.4 Å². The number of Topliss-reactive ketones (excluding diaryl/α,β-unsaturated/α-hetero) is 1. The summed E-state index contributed by atoms with van der Waals surface area (Å²) in [6.07, 6.45) is 3.44. The Hall–Kier alpha value is -2.94. The molecular formula is C29H39BrN4O4. The monoisotopic (exact) mass is 586 g/mol. The van der Waals surface area contributed by atoms with Crippen LogP contribution in [0.3, 0.4) is 0 Å². The first-order chi connectivity index (χ1) is 17.6. The molecule has 0 aliphatic carbocycles. The van der Waals surface area contributed by atoms with Gasteiger partial charge < -0.3 is 19.6 Å². The van der Waals surface area contributed by atoms with E-state index >= 15 is 0 Å². The van der Waals surface area contributed by atoms with Crippen LogP contribution in [-0.4, -0.2) is 58.8 Å². The number of aromatic nitrogens is 1. The number of ketones is 1. The quantitative estimate of drug-likeness (QED) is 0.284. The Labute approximate surface area is 235 Å². The molecule has 2 aliphatic rings. The highest BCUT2D eigenvalue weighted by molar-refractivity contribution is 8.93. The predicted octanol–water partition coefficient (Wildman–Crippen LogP) is 5.39. The third-order valence-electron chi connectivity index (χ3n) is 7.06. The van der Waals surface area contributed by atoms with E-state index in [-0.39, 0.29) is 41.1 Å². The van der Waals surface area contributed by atoms with E-state index in [4.69, 9.17) is 15.3 Å². The maximum Gasteiger partial charge on any atom is 0.303 e. The maximum atomic E-state index is 13.6. The first kappa shape index (κ1) is 29.6. The summed E-state index contributed by atoms with van der Waals surface area (Å²) in [5.41, 5.74) is 4.75. The highest BCUT2D eigenvalue weighted by atomic mass is 79.9. The number of carbonyl (C=O) groups is 2. The Morgan fingerprint density at radius 1 is 1.16 bits per heavy atom. The molecule has 0 radical (unpaired) electrons. The molecule has 2 aliphatic heterocycles. The van der Waals surface area contributed by atoms with E-state index in [2.05, 4.69) is 30.7 Å². The highest BCUT2D eigenvalue weighted by Gasteiger charge is 2.31. The molecule has 0 atom stereocenters. The number of nitrogens with one attached hydrogen (secondary N) is 1. The average Bonchev–Trinajstić information content (AvgIpc) is 3.49. The minimum atomic E-state index is -0.837. The number of benzene rings is 1. The van der Waals surface area contributed by atoms with Gasteiger partial charge in [0.2, 0.25) is 0 Å². The number of aryl methyl sites for hydroxylation is 1. The fourth-order valence-corrected chi connectivity index (χ4v) is 4.97. The minimum Gasteiger partial charge on any atom is -0.491 e. The third-order valence-corrected chi connectivity index (χ3v) is 7.06. The molecule has 0 spiro atoms. The number of carboxylic acid groups (broad SMARTS) is 1. The van der Waals surface area contributed by atoms with Gasteiger partial charge in [-0.3, -0.25) is 15.0 Å². The number of hydrogen-bond acceptors (Lipinski definition) is 6. The lowest BCUT2D eigenvalue weighted by atomic mass is 9.84. The second kappa shape index (κ2) is 12.3. The molecule has 9 heteroatoms. The van der Waals surface area contributed by atoms with Gasteiger partial charge >= 0.3 is 5.97 Å². The summed E-state index contributed by atoms with van der Waals surface area (Å²) >= 11 is 0. The fraction of sp³-hybridized carbons (Fsp3) is 0.517. The number of carbonyl (C=O) groups excluding carboxylic acids is 1. The Morgan fingerprint density at radius 3 is 2.50 bits per heavy atom. The topological polar surface area (TPSA) is 107 Å². The largest absolute Gasteiger partial charge is 0.491 e. The Kier molecular flexibility index (Phi) is 9.57. The molecule has 0 unspecified atom stereocenters. The molecule has 3 heterocycles. The number of ether oxygens (including phenoxy) is 1. The lowest BCUT2D eigenvalue weighted by molar-refractivity contribution is -0.137. The van der Waals surface area contributed by atoms with Gasteiger partial charge in [0.1, 0.15) is 17.3 Å². The maximum absolute atomic E-state index is 13.6. The zero-order valence-electron chi connectivity index (χ0n) is 22.8. The molecule has 1 saturated heterocycles. The van der Waals surface area contributed by atoms with Gasteiger partial charge in [0, 0.05) is 48.4 Å². The second-order valence-electron chi connectivity index (χ2n) is 11.0. The second-order valence-corrected chi connectivity index (χ2v) is 11.0. The number of nitrogens with zero attached hydrogens (tertiary/aromatic N) is 3. The highest BCUT2D eigenvalue weighted by Crippen LogP contribution is 2.41. The summed E-state index contributed by atoms with van der Waals surface area (Å²) in [6.45, 7) is 11.0. The van der Waals surface area contributed by atoms with Crippen molar-refractivity contribution in [2.24, 2.45) is 0 Å². The van der Waals surface area contributed by atoms with E-state index in [0.717, 1.165) is 60.6 Å². The van der Waals surface area contributed by atoms with Crippen LogP contribution in [0, 0.1) is 5.41 Å². The van der Waals surface area contributed by atoms with Crippen LogP contribution in [0.2, 0.25) is 0 Å². The summed E-state index contributed by atoms with van der Waals surface area (Å²) in [6, 6.07) is 7.86. The van der Waals surface area contributed by atoms with Crippen molar-refractivity contribution >= 4 is 40.3 Å². The SMILES string of the molecule is Br.CCc1ccc2c(n1)C(=N)N(CC(=O)c1cc(N3CCCC3)c(OCCCC(=O)O)c(C(C)(C)C)c1)C2. The van der Waals surface area contributed by atoms with Gasteiger partial charge in [0.25, 0.3) is 0 Å². The van der Waals surface area contributed by atoms with Crippen molar-refractivity contribution in [2.75, 3.05) is 31.1 Å². The van der Waals surface area contributed by atoms with Crippen molar-refractivity contribution in [3.63, 3.8) is 0 Å². The average molecular weight is 588 g/mol. The third kappa shape index (κ3) is 6.54. The first-order valence-electron chi connectivity index (χ1n) is 13.2. The van der Waals surface area contributed by atoms with E-state index in [0.29, 0.717) is 36.7 Å². The van der Waals surface area contributed by atoms with Gasteiger partial charge in [-0.2, -0.15) is 0 Å². The molecule has 4 rings (SSSR count). The lowest BCUT2D eigenvalue weighted by Gasteiger charge is -2.30.